The Morgan fingerprint density at radius 1 is 1.24 bits per heavy atom. The van der Waals surface area contributed by atoms with Crippen molar-refractivity contribution in [1.82, 2.24) is 24.8 Å². The summed E-state index contributed by atoms with van der Waals surface area (Å²) in [5.74, 6) is 0.235. The van der Waals surface area contributed by atoms with E-state index in [2.05, 4.69) is 64.2 Å². The molecule has 0 atom stereocenters. The van der Waals surface area contributed by atoms with E-state index in [-0.39, 0.29) is 17.4 Å². The number of piperazine rings is 1. The first-order chi connectivity index (χ1) is 13.8. The van der Waals surface area contributed by atoms with Gasteiger partial charge < -0.3 is 10.2 Å². The summed E-state index contributed by atoms with van der Waals surface area (Å²) < 4.78 is 1.77. The van der Waals surface area contributed by atoms with Gasteiger partial charge in [0.25, 0.3) is 5.91 Å². The number of aromatic nitrogens is 3. The SMILES string of the molecule is Cc1cccc(-c2cc(C(C)C)c3nc(C(=O)N4CCNCC4(C)C)cn3n2)c1. The average molecular weight is 392 g/mol. The lowest BCUT2D eigenvalue weighted by molar-refractivity contribution is 0.0472. The molecule has 3 aromatic rings. The fourth-order valence-electron chi connectivity index (χ4n) is 3.97. The van der Waals surface area contributed by atoms with Crippen LogP contribution >= 0.6 is 0 Å². The molecule has 0 aliphatic carbocycles. The Morgan fingerprint density at radius 3 is 2.72 bits per heavy atom. The molecule has 152 valence electrons. The number of nitrogens with one attached hydrogen (secondary N) is 1. The third-order valence-electron chi connectivity index (χ3n) is 5.65. The Labute approximate surface area is 171 Å². The molecule has 1 fully saturated rings. The maximum absolute atomic E-state index is 13.3. The van der Waals surface area contributed by atoms with Crippen LogP contribution in [-0.2, 0) is 0 Å². The van der Waals surface area contributed by atoms with Gasteiger partial charge in [0.05, 0.1) is 17.4 Å². The molecule has 6 nitrogen and oxygen atoms in total. The van der Waals surface area contributed by atoms with Crippen molar-refractivity contribution in [3.8, 4) is 11.3 Å². The topological polar surface area (TPSA) is 62.5 Å². The van der Waals surface area contributed by atoms with Crippen molar-refractivity contribution in [2.75, 3.05) is 19.6 Å². The first-order valence-electron chi connectivity index (χ1n) is 10.3. The Morgan fingerprint density at radius 2 is 2.03 bits per heavy atom. The maximum atomic E-state index is 13.3. The van der Waals surface area contributed by atoms with Crippen molar-refractivity contribution in [3.63, 3.8) is 0 Å². The molecule has 1 N–H and O–H groups in total. The van der Waals surface area contributed by atoms with Crippen molar-refractivity contribution in [1.29, 1.82) is 0 Å². The van der Waals surface area contributed by atoms with Gasteiger partial charge in [-0.1, -0.05) is 37.6 Å². The minimum atomic E-state index is -0.244. The van der Waals surface area contributed by atoms with Crippen molar-refractivity contribution in [3.05, 3.63) is 53.3 Å². The third-order valence-corrected chi connectivity index (χ3v) is 5.65. The van der Waals surface area contributed by atoms with E-state index in [4.69, 9.17) is 10.1 Å². The van der Waals surface area contributed by atoms with Crippen molar-refractivity contribution in [2.45, 2.75) is 46.1 Å². The fourth-order valence-corrected chi connectivity index (χ4v) is 3.97. The van der Waals surface area contributed by atoms with Gasteiger partial charge in [-0.15, -0.1) is 0 Å². The van der Waals surface area contributed by atoms with Crippen LogP contribution < -0.4 is 5.32 Å². The molecule has 0 spiro atoms. The molecule has 2 aromatic heterocycles. The second-order valence-electron chi connectivity index (χ2n) is 8.85. The van der Waals surface area contributed by atoms with Gasteiger partial charge >= 0.3 is 0 Å². The molecule has 1 aromatic carbocycles. The first-order valence-corrected chi connectivity index (χ1v) is 10.3. The maximum Gasteiger partial charge on any atom is 0.274 e. The number of amides is 1. The number of benzene rings is 1. The van der Waals surface area contributed by atoms with Crippen LogP contribution in [0.1, 0.15) is 55.2 Å². The predicted octanol–water partition coefficient (Wildman–Crippen LogP) is 3.65. The number of carbonyl (C=O) groups is 1. The number of rotatable bonds is 3. The normalized spacial score (nSPS) is 16.6. The van der Waals surface area contributed by atoms with E-state index in [1.54, 1.807) is 10.7 Å². The van der Waals surface area contributed by atoms with E-state index in [0.717, 1.165) is 35.6 Å². The number of fused-ring (bicyclic) bond motifs is 1. The van der Waals surface area contributed by atoms with Crippen LogP contribution in [0.5, 0.6) is 0 Å². The van der Waals surface area contributed by atoms with Gasteiger partial charge in [0.2, 0.25) is 0 Å². The molecule has 1 aliphatic rings. The number of hydrogen-bond acceptors (Lipinski definition) is 4. The lowest BCUT2D eigenvalue weighted by atomic mass is 10.00. The summed E-state index contributed by atoms with van der Waals surface area (Å²) in [4.78, 5) is 19.9. The van der Waals surface area contributed by atoms with Crippen LogP contribution in [-0.4, -0.2) is 50.6 Å². The fraction of sp³-hybridized carbons (Fsp3) is 0.435. The van der Waals surface area contributed by atoms with Gasteiger partial charge in [0, 0.05) is 30.8 Å². The molecule has 0 unspecified atom stereocenters. The van der Waals surface area contributed by atoms with Gasteiger partial charge in [-0.3, -0.25) is 4.79 Å². The quantitative estimate of drug-likeness (QED) is 0.740. The summed E-state index contributed by atoms with van der Waals surface area (Å²) in [7, 11) is 0. The summed E-state index contributed by atoms with van der Waals surface area (Å²) in [5.41, 5.74) is 5.21. The number of carbonyl (C=O) groups excluding carboxylic acids is 1. The zero-order chi connectivity index (χ0) is 20.8. The van der Waals surface area contributed by atoms with Gasteiger partial charge in [-0.05, 0) is 38.8 Å². The highest BCUT2D eigenvalue weighted by Crippen LogP contribution is 2.27. The molecule has 6 heteroatoms. The van der Waals surface area contributed by atoms with E-state index < -0.39 is 0 Å². The number of hydrogen-bond donors (Lipinski definition) is 1. The van der Waals surface area contributed by atoms with E-state index in [1.807, 2.05) is 11.0 Å². The molecule has 0 saturated carbocycles. The van der Waals surface area contributed by atoms with Gasteiger partial charge in [-0.2, -0.15) is 5.10 Å². The first kappa shape index (κ1) is 19.6. The Kier molecular flexibility index (Phi) is 4.90. The van der Waals surface area contributed by atoms with Crippen LogP contribution in [0.4, 0.5) is 0 Å². The van der Waals surface area contributed by atoms with Gasteiger partial charge in [0.15, 0.2) is 5.65 Å². The molecular weight excluding hydrogens is 362 g/mol. The average Bonchev–Trinajstić information content (AvgIpc) is 3.10. The van der Waals surface area contributed by atoms with Gasteiger partial charge in [-0.25, -0.2) is 9.50 Å². The molecule has 3 heterocycles. The van der Waals surface area contributed by atoms with Crippen molar-refractivity contribution < 1.29 is 4.79 Å². The molecular formula is C23H29N5O. The summed E-state index contributed by atoms with van der Waals surface area (Å²) in [6.07, 6.45) is 1.78. The zero-order valence-electron chi connectivity index (χ0n) is 17.9. The molecule has 29 heavy (non-hydrogen) atoms. The molecule has 0 bridgehead atoms. The van der Waals surface area contributed by atoms with Crippen LogP contribution in [0.25, 0.3) is 16.9 Å². The number of imidazole rings is 1. The zero-order valence-corrected chi connectivity index (χ0v) is 17.9. The summed E-state index contributed by atoms with van der Waals surface area (Å²) >= 11 is 0. The smallest absolute Gasteiger partial charge is 0.274 e. The molecule has 0 radical (unpaired) electrons. The molecule has 1 aliphatic heterocycles. The summed E-state index contributed by atoms with van der Waals surface area (Å²) in [5, 5.41) is 8.15. The second kappa shape index (κ2) is 7.26. The van der Waals surface area contributed by atoms with E-state index >= 15 is 0 Å². The van der Waals surface area contributed by atoms with E-state index in [0.29, 0.717) is 12.2 Å². The van der Waals surface area contributed by atoms with Gasteiger partial charge in [0.1, 0.15) is 5.69 Å². The minimum Gasteiger partial charge on any atom is -0.330 e. The lowest BCUT2D eigenvalue weighted by Crippen LogP contribution is -2.59. The van der Waals surface area contributed by atoms with Crippen molar-refractivity contribution in [2.24, 2.45) is 0 Å². The lowest BCUT2D eigenvalue weighted by Gasteiger charge is -2.42. The highest BCUT2D eigenvalue weighted by molar-refractivity contribution is 5.93. The Hall–Kier alpha value is -2.73. The molecule has 1 amide bonds. The summed E-state index contributed by atoms with van der Waals surface area (Å²) in [6.45, 7) is 12.8. The Bertz CT molecular complexity index is 1070. The molecule has 4 rings (SSSR count). The summed E-state index contributed by atoms with van der Waals surface area (Å²) in [6, 6.07) is 10.4. The van der Waals surface area contributed by atoms with Crippen LogP contribution in [0.3, 0.4) is 0 Å². The van der Waals surface area contributed by atoms with E-state index in [9.17, 15) is 4.79 Å². The highest BCUT2D eigenvalue weighted by atomic mass is 16.2. The number of aryl methyl sites for hydroxylation is 1. The third kappa shape index (κ3) is 3.65. The monoisotopic (exact) mass is 391 g/mol. The van der Waals surface area contributed by atoms with Crippen LogP contribution in [0.15, 0.2) is 36.5 Å². The Balaban J connectivity index is 1.80. The molecule has 1 saturated heterocycles. The second-order valence-corrected chi connectivity index (χ2v) is 8.85. The standard InChI is InChI=1S/C23H29N5O/c1-15(2)18-12-19(17-8-6-7-16(3)11-17)26-28-13-20(25-21(18)28)22(29)27-10-9-24-14-23(27,4)5/h6-8,11-13,15,24H,9-10,14H2,1-5H3. The minimum absolute atomic E-state index is 0.0335. The largest absolute Gasteiger partial charge is 0.330 e. The van der Waals surface area contributed by atoms with Crippen molar-refractivity contribution >= 4 is 11.6 Å². The number of nitrogens with zero attached hydrogens (tertiary/aromatic N) is 4. The highest BCUT2D eigenvalue weighted by Gasteiger charge is 2.35. The van der Waals surface area contributed by atoms with E-state index in [1.165, 1.54) is 5.56 Å². The van der Waals surface area contributed by atoms with Crippen LogP contribution in [0, 0.1) is 6.92 Å². The van der Waals surface area contributed by atoms with Crippen LogP contribution in [0.2, 0.25) is 0 Å². The predicted molar refractivity (Wildman–Crippen MR) is 115 cm³/mol.